The van der Waals surface area contributed by atoms with E-state index in [-0.39, 0.29) is 19.2 Å². The molecule has 1 amide bonds. The van der Waals surface area contributed by atoms with Crippen molar-refractivity contribution in [3.63, 3.8) is 0 Å². The highest BCUT2D eigenvalue weighted by Crippen LogP contribution is 2.13. The molecule has 0 aromatic rings. The zero-order chi connectivity index (χ0) is 14.8. The number of ether oxygens (including phenoxy) is 1. The monoisotopic (exact) mass is 291 g/mol. The second-order valence-corrected chi connectivity index (χ2v) is 5.27. The summed E-state index contributed by atoms with van der Waals surface area (Å²) in [6, 6.07) is 0. The lowest BCUT2D eigenvalue weighted by Gasteiger charge is -2.10. The maximum absolute atomic E-state index is 11.5. The number of carbonyl (C=O) groups is 4. The summed E-state index contributed by atoms with van der Waals surface area (Å²) in [6.45, 7) is 5.52. The van der Waals surface area contributed by atoms with Crippen LogP contribution < -0.4 is 5.32 Å². The van der Waals surface area contributed by atoms with Crippen molar-refractivity contribution in [3.05, 3.63) is 0 Å². The minimum Gasteiger partial charge on any atom is -0.460 e. The highest BCUT2D eigenvalue weighted by atomic mass is 32.2. The lowest BCUT2D eigenvalue weighted by molar-refractivity contribution is -0.154. The lowest BCUT2D eigenvalue weighted by atomic mass is 10.3. The molecule has 0 fully saturated rings. The van der Waals surface area contributed by atoms with Gasteiger partial charge in [0.15, 0.2) is 5.12 Å². The van der Waals surface area contributed by atoms with Crippen LogP contribution in [0.15, 0.2) is 0 Å². The predicted molar refractivity (Wildman–Crippen MR) is 73.7 cm³/mol. The minimum atomic E-state index is -0.983. The SMILES string of the molecule is CCOC(=O)C(=O)CC(=O)SC(C)CNC(=O)CC.[HH]. The first-order valence-corrected chi connectivity index (χ1v) is 6.94. The molecule has 1 unspecified atom stereocenters. The Balaban J connectivity index is 0. The smallest absolute Gasteiger partial charge is 0.375 e. The van der Waals surface area contributed by atoms with E-state index in [1.807, 2.05) is 0 Å². The molecule has 0 aliphatic rings. The lowest BCUT2D eigenvalue weighted by Crippen LogP contribution is -2.29. The molecular formula is C12H21NO5S. The molecule has 0 heterocycles. The first kappa shape index (κ1) is 17.6. The summed E-state index contributed by atoms with van der Waals surface area (Å²) in [5.41, 5.74) is 0. The number of hydrogen-bond donors (Lipinski definition) is 1. The van der Waals surface area contributed by atoms with E-state index in [9.17, 15) is 19.2 Å². The third-order valence-electron chi connectivity index (χ3n) is 2.05. The minimum absolute atomic E-state index is 0. The van der Waals surface area contributed by atoms with Crippen molar-refractivity contribution in [2.24, 2.45) is 0 Å². The van der Waals surface area contributed by atoms with Crippen molar-refractivity contribution in [2.45, 2.75) is 38.9 Å². The fraction of sp³-hybridized carbons (Fsp3) is 0.667. The largest absolute Gasteiger partial charge is 0.460 e. The van der Waals surface area contributed by atoms with Gasteiger partial charge in [0.1, 0.15) is 0 Å². The van der Waals surface area contributed by atoms with E-state index in [1.54, 1.807) is 20.8 Å². The number of ketones is 1. The number of carbonyl (C=O) groups excluding carboxylic acids is 4. The molecule has 0 saturated carbocycles. The van der Waals surface area contributed by atoms with Crippen LogP contribution in [0.1, 0.15) is 35.0 Å². The van der Waals surface area contributed by atoms with Gasteiger partial charge in [-0.25, -0.2) is 4.79 Å². The van der Waals surface area contributed by atoms with Gasteiger partial charge < -0.3 is 10.1 Å². The number of nitrogens with one attached hydrogen (secondary N) is 1. The quantitative estimate of drug-likeness (QED) is 0.406. The number of thioether (sulfide) groups is 1. The van der Waals surface area contributed by atoms with Crippen LogP contribution in [0, 0.1) is 0 Å². The molecule has 110 valence electrons. The van der Waals surface area contributed by atoms with Gasteiger partial charge in [-0.3, -0.25) is 14.4 Å². The summed E-state index contributed by atoms with van der Waals surface area (Å²) in [7, 11) is 0. The molecule has 0 bridgehead atoms. The number of hydrogen-bond acceptors (Lipinski definition) is 6. The van der Waals surface area contributed by atoms with E-state index < -0.39 is 23.3 Å². The molecule has 0 aliphatic heterocycles. The Morgan fingerprint density at radius 2 is 1.89 bits per heavy atom. The van der Waals surface area contributed by atoms with Crippen LogP contribution in [0.2, 0.25) is 0 Å². The molecule has 0 spiro atoms. The van der Waals surface area contributed by atoms with Crippen LogP contribution in [0.4, 0.5) is 0 Å². The van der Waals surface area contributed by atoms with Crippen LogP contribution in [0.5, 0.6) is 0 Å². The first-order chi connectivity index (χ1) is 8.90. The molecule has 6 nitrogen and oxygen atoms in total. The summed E-state index contributed by atoms with van der Waals surface area (Å²) in [5, 5.41) is 2.08. The second kappa shape index (κ2) is 9.55. The number of esters is 1. The van der Waals surface area contributed by atoms with Gasteiger partial charge in [-0.2, -0.15) is 0 Å². The zero-order valence-corrected chi connectivity index (χ0v) is 12.2. The third-order valence-corrected chi connectivity index (χ3v) is 3.02. The van der Waals surface area contributed by atoms with Gasteiger partial charge in [-0.1, -0.05) is 25.6 Å². The summed E-state index contributed by atoms with van der Waals surface area (Å²) in [5.74, 6) is -1.92. The average molecular weight is 291 g/mol. The Kier molecular flexibility index (Phi) is 8.86. The van der Waals surface area contributed by atoms with Gasteiger partial charge >= 0.3 is 5.97 Å². The molecule has 1 atom stereocenters. The van der Waals surface area contributed by atoms with Gasteiger partial charge in [0, 0.05) is 19.6 Å². The van der Waals surface area contributed by atoms with Crippen molar-refractivity contribution in [2.75, 3.05) is 13.2 Å². The fourth-order valence-corrected chi connectivity index (χ4v) is 1.94. The van der Waals surface area contributed by atoms with Crippen molar-refractivity contribution in [1.82, 2.24) is 5.32 Å². The molecule has 7 heteroatoms. The van der Waals surface area contributed by atoms with Crippen LogP contribution in [0.3, 0.4) is 0 Å². The third kappa shape index (κ3) is 8.36. The Bertz CT molecular complexity index is 362. The van der Waals surface area contributed by atoms with E-state index in [1.165, 1.54) is 0 Å². The summed E-state index contributed by atoms with van der Waals surface area (Å²) >= 11 is 0.934. The van der Waals surface area contributed by atoms with Crippen LogP contribution in [-0.4, -0.2) is 41.2 Å². The summed E-state index contributed by atoms with van der Waals surface area (Å²) < 4.78 is 4.50. The first-order valence-electron chi connectivity index (χ1n) is 6.06. The summed E-state index contributed by atoms with van der Waals surface area (Å²) in [4.78, 5) is 44.8. The van der Waals surface area contributed by atoms with E-state index in [0.29, 0.717) is 13.0 Å². The zero-order valence-electron chi connectivity index (χ0n) is 11.4. The molecule has 0 aliphatic carbocycles. The van der Waals surface area contributed by atoms with Gasteiger partial charge in [-0.05, 0) is 6.92 Å². The highest BCUT2D eigenvalue weighted by molar-refractivity contribution is 8.14. The van der Waals surface area contributed by atoms with Crippen LogP contribution >= 0.6 is 11.8 Å². The van der Waals surface area contributed by atoms with Gasteiger partial charge in [0.25, 0.3) is 0 Å². The van der Waals surface area contributed by atoms with E-state index in [2.05, 4.69) is 10.1 Å². The molecular weight excluding hydrogens is 270 g/mol. The average Bonchev–Trinajstić information content (AvgIpc) is 2.35. The molecule has 0 radical (unpaired) electrons. The normalized spacial score (nSPS) is 11.5. The van der Waals surface area contributed by atoms with Crippen molar-refractivity contribution >= 4 is 34.5 Å². The second-order valence-electron chi connectivity index (χ2n) is 3.78. The summed E-state index contributed by atoms with van der Waals surface area (Å²) in [6.07, 6.45) is -0.0950. The molecule has 1 N–H and O–H groups in total. The van der Waals surface area contributed by atoms with Gasteiger partial charge in [0.2, 0.25) is 11.7 Å². The molecule has 0 saturated heterocycles. The maximum Gasteiger partial charge on any atom is 0.375 e. The molecule has 19 heavy (non-hydrogen) atoms. The number of Topliss-reactive ketones (excluding diaryl/α,β-unsaturated/α-hetero) is 1. The van der Waals surface area contributed by atoms with Gasteiger partial charge in [-0.15, -0.1) is 0 Å². The van der Waals surface area contributed by atoms with E-state index in [4.69, 9.17) is 0 Å². The van der Waals surface area contributed by atoms with Crippen molar-refractivity contribution in [3.8, 4) is 0 Å². The van der Waals surface area contributed by atoms with E-state index in [0.717, 1.165) is 11.8 Å². The Hall–Kier alpha value is -1.37. The number of amides is 1. The maximum atomic E-state index is 11.5. The molecule has 0 aromatic carbocycles. The van der Waals surface area contributed by atoms with Gasteiger partial charge in [0.05, 0.1) is 13.0 Å². The van der Waals surface area contributed by atoms with Crippen molar-refractivity contribution < 1.29 is 25.3 Å². The molecule has 0 rings (SSSR count). The fourth-order valence-electron chi connectivity index (χ4n) is 1.11. The topological polar surface area (TPSA) is 89.5 Å². The van der Waals surface area contributed by atoms with E-state index >= 15 is 0 Å². The predicted octanol–water partition coefficient (Wildman–Crippen LogP) is 0.929. The Morgan fingerprint density at radius 3 is 2.42 bits per heavy atom. The molecule has 0 aromatic heterocycles. The van der Waals surface area contributed by atoms with Crippen molar-refractivity contribution in [1.29, 1.82) is 0 Å². The van der Waals surface area contributed by atoms with Crippen LogP contribution in [-0.2, 0) is 23.9 Å². The standard InChI is InChI=1S/C12H19NO5S.H2/c1-4-10(15)13-7-8(3)19-11(16)6-9(14)12(17)18-5-2;/h8H,4-7H2,1-3H3,(H,13,15);1H. The Labute approximate surface area is 118 Å². The highest BCUT2D eigenvalue weighted by Gasteiger charge is 2.20. The number of rotatable bonds is 8. The Morgan fingerprint density at radius 1 is 1.26 bits per heavy atom. The van der Waals surface area contributed by atoms with Crippen LogP contribution in [0.25, 0.3) is 0 Å².